The van der Waals surface area contributed by atoms with Crippen LogP contribution >= 0.6 is 11.6 Å². The van der Waals surface area contributed by atoms with Crippen LogP contribution in [-0.4, -0.2) is 48.7 Å². The maximum Gasteiger partial charge on any atom is 0.573 e. The van der Waals surface area contributed by atoms with E-state index >= 15 is 0 Å². The zero-order chi connectivity index (χ0) is 20.9. The standard InChI is InChI=1S/C21H21ClF3NO3/c1-19(12-26(13-19)17-10-28-11-17)20(27,15-3-2-4-16(22)9-15)14-5-7-18(8-6-14)29-21(23,24)25/h2-9,17,27H,10-13H2,1H3. The van der Waals surface area contributed by atoms with Crippen molar-refractivity contribution < 1.29 is 27.8 Å². The first-order chi connectivity index (χ1) is 13.6. The van der Waals surface area contributed by atoms with Crippen LogP contribution in [0.5, 0.6) is 5.75 Å². The van der Waals surface area contributed by atoms with E-state index in [4.69, 9.17) is 16.3 Å². The minimum absolute atomic E-state index is 0.332. The van der Waals surface area contributed by atoms with Crippen molar-refractivity contribution in [1.82, 2.24) is 4.90 Å². The molecule has 0 bridgehead atoms. The van der Waals surface area contributed by atoms with Gasteiger partial charge in [0.15, 0.2) is 0 Å². The van der Waals surface area contributed by atoms with Crippen molar-refractivity contribution in [2.75, 3.05) is 26.3 Å². The summed E-state index contributed by atoms with van der Waals surface area (Å²) >= 11 is 6.18. The number of hydrogen-bond acceptors (Lipinski definition) is 4. The molecule has 4 rings (SSSR count). The Morgan fingerprint density at radius 1 is 1.10 bits per heavy atom. The zero-order valence-electron chi connectivity index (χ0n) is 15.7. The largest absolute Gasteiger partial charge is 0.573 e. The Balaban J connectivity index is 1.69. The second-order valence-electron chi connectivity index (χ2n) is 7.95. The third-order valence-electron chi connectivity index (χ3n) is 5.86. The van der Waals surface area contributed by atoms with Crippen molar-refractivity contribution >= 4 is 11.6 Å². The highest BCUT2D eigenvalue weighted by Gasteiger charge is 2.57. The highest BCUT2D eigenvalue weighted by molar-refractivity contribution is 6.30. The van der Waals surface area contributed by atoms with Gasteiger partial charge in [-0.2, -0.15) is 0 Å². The van der Waals surface area contributed by atoms with Gasteiger partial charge in [0.2, 0.25) is 0 Å². The Morgan fingerprint density at radius 3 is 2.28 bits per heavy atom. The number of likely N-dealkylation sites (tertiary alicyclic amines) is 1. The van der Waals surface area contributed by atoms with Crippen molar-refractivity contribution in [3.8, 4) is 5.75 Å². The van der Waals surface area contributed by atoms with E-state index in [0.717, 1.165) is 0 Å². The topological polar surface area (TPSA) is 41.9 Å². The molecule has 2 aliphatic heterocycles. The van der Waals surface area contributed by atoms with Crippen LogP contribution in [0.4, 0.5) is 13.2 Å². The highest BCUT2D eigenvalue weighted by Crippen LogP contribution is 2.51. The molecule has 2 aliphatic rings. The molecular formula is C21H21ClF3NO3. The van der Waals surface area contributed by atoms with Gasteiger partial charge in [-0.1, -0.05) is 42.8 Å². The molecule has 29 heavy (non-hydrogen) atoms. The van der Waals surface area contributed by atoms with E-state index in [0.29, 0.717) is 48.5 Å². The molecule has 0 saturated carbocycles. The molecule has 2 fully saturated rings. The Hall–Kier alpha value is -1.80. The Kier molecular flexibility index (Phi) is 5.06. The predicted molar refractivity (Wildman–Crippen MR) is 102 cm³/mol. The lowest BCUT2D eigenvalue weighted by atomic mass is 9.61. The molecule has 2 aromatic rings. The van der Waals surface area contributed by atoms with E-state index in [2.05, 4.69) is 9.64 Å². The third-order valence-corrected chi connectivity index (χ3v) is 6.10. The lowest BCUT2D eigenvalue weighted by Crippen LogP contribution is -2.69. The molecule has 2 aromatic carbocycles. The van der Waals surface area contributed by atoms with Gasteiger partial charge in [-0.15, -0.1) is 13.2 Å². The molecule has 1 N–H and O–H groups in total. The summed E-state index contributed by atoms with van der Waals surface area (Å²) in [5, 5.41) is 12.5. The van der Waals surface area contributed by atoms with Gasteiger partial charge in [-0.3, -0.25) is 4.90 Å². The van der Waals surface area contributed by atoms with Crippen LogP contribution in [0, 0.1) is 5.41 Å². The van der Waals surface area contributed by atoms with E-state index in [1.54, 1.807) is 24.3 Å². The molecule has 0 aromatic heterocycles. The normalized spacial score (nSPS) is 21.7. The van der Waals surface area contributed by atoms with Crippen LogP contribution in [-0.2, 0) is 10.3 Å². The highest BCUT2D eigenvalue weighted by atomic mass is 35.5. The van der Waals surface area contributed by atoms with Gasteiger partial charge in [0.25, 0.3) is 0 Å². The van der Waals surface area contributed by atoms with Crippen molar-refractivity contribution in [3.63, 3.8) is 0 Å². The van der Waals surface area contributed by atoms with Crippen LogP contribution in [0.3, 0.4) is 0 Å². The predicted octanol–water partition coefficient (Wildman–Crippen LogP) is 4.20. The minimum Gasteiger partial charge on any atom is -0.406 e. The first-order valence-corrected chi connectivity index (χ1v) is 9.65. The van der Waals surface area contributed by atoms with Gasteiger partial charge in [0.05, 0.1) is 19.3 Å². The number of benzene rings is 2. The second-order valence-corrected chi connectivity index (χ2v) is 8.39. The van der Waals surface area contributed by atoms with E-state index in [1.165, 1.54) is 24.3 Å². The molecule has 1 atom stereocenters. The number of aliphatic hydroxyl groups is 1. The van der Waals surface area contributed by atoms with Crippen LogP contribution in [0.15, 0.2) is 48.5 Å². The van der Waals surface area contributed by atoms with E-state index < -0.39 is 17.4 Å². The number of ether oxygens (including phenoxy) is 2. The fourth-order valence-corrected chi connectivity index (χ4v) is 4.44. The van der Waals surface area contributed by atoms with Gasteiger partial charge >= 0.3 is 6.36 Å². The first-order valence-electron chi connectivity index (χ1n) is 9.27. The fourth-order valence-electron chi connectivity index (χ4n) is 4.25. The van der Waals surface area contributed by atoms with Gasteiger partial charge in [0, 0.05) is 23.5 Å². The number of halogens is 4. The Morgan fingerprint density at radius 2 is 1.76 bits per heavy atom. The van der Waals surface area contributed by atoms with Crippen LogP contribution in [0.25, 0.3) is 0 Å². The average molecular weight is 428 g/mol. The lowest BCUT2D eigenvalue weighted by Gasteiger charge is -2.60. The Labute approximate surface area is 171 Å². The van der Waals surface area contributed by atoms with Gasteiger partial charge < -0.3 is 14.6 Å². The summed E-state index contributed by atoms with van der Waals surface area (Å²) in [6, 6.07) is 12.7. The lowest BCUT2D eigenvalue weighted by molar-refractivity contribution is -0.274. The van der Waals surface area contributed by atoms with Crippen molar-refractivity contribution in [2.24, 2.45) is 5.41 Å². The monoisotopic (exact) mass is 427 g/mol. The number of rotatable bonds is 5. The molecule has 2 saturated heterocycles. The summed E-state index contributed by atoms with van der Waals surface area (Å²) in [7, 11) is 0. The van der Waals surface area contributed by atoms with Gasteiger partial charge in [-0.05, 0) is 35.4 Å². The first kappa shape index (κ1) is 20.5. The fraction of sp³-hybridized carbons (Fsp3) is 0.429. The molecular weight excluding hydrogens is 407 g/mol. The van der Waals surface area contributed by atoms with Crippen molar-refractivity contribution in [3.05, 3.63) is 64.7 Å². The Bertz CT molecular complexity index is 879. The molecule has 1 unspecified atom stereocenters. The molecule has 0 amide bonds. The van der Waals surface area contributed by atoms with Crippen LogP contribution in [0.1, 0.15) is 18.1 Å². The second kappa shape index (κ2) is 7.16. The molecule has 0 aliphatic carbocycles. The summed E-state index contributed by atoms with van der Waals surface area (Å²) in [5.74, 6) is -0.332. The number of alkyl halides is 3. The van der Waals surface area contributed by atoms with Crippen LogP contribution in [0.2, 0.25) is 5.02 Å². The SMILES string of the molecule is CC1(C(O)(c2ccc(OC(F)(F)F)cc2)c2cccc(Cl)c2)CN(C2COC2)C1. The number of nitrogens with zero attached hydrogens (tertiary/aromatic N) is 1. The molecule has 156 valence electrons. The quantitative estimate of drug-likeness (QED) is 0.776. The minimum atomic E-state index is -4.77. The summed E-state index contributed by atoms with van der Waals surface area (Å²) in [6.07, 6.45) is -4.77. The summed E-state index contributed by atoms with van der Waals surface area (Å²) in [6.45, 7) is 4.59. The average Bonchev–Trinajstić information content (AvgIpc) is 2.57. The van der Waals surface area contributed by atoms with Crippen LogP contribution < -0.4 is 4.74 Å². The van der Waals surface area contributed by atoms with Crippen molar-refractivity contribution in [1.29, 1.82) is 0 Å². The molecule has 4 nitrogen and oxygen atoms in total. The third kappa shape index (κ3) is 3.72. The summed E-state index contributed by atoms with van der Waals surface area (Å²) < 4.78 is 46.7. The summed E-state index contributed by atoms with van der Waals surface area (Å²) in [5.41, 5.74) is -0.905. The van der Waals surface area contributed by atoms with E-state index in [1.807, 2.05) is 6.92 Å². The van der Waals surface area contributed by atoms with Gasteiger partial charge in [-0.25, -0.2) is 0 Å². The van der Waals surface area contributed by atoms with E-state index in [-0.39, 0.29) is 5.75 Å². The maximum atomic E-state index is 12.5. The molecule has 8 heteroatoms. The smallest absolute Gasteiger partial charge is 0.406 e. The molecule has 0 spiro atoms. The van der Waals surface area contributed by atoms with Gasteiger partial charge in [0.1, 0.15) is 11.4 Å². The summed E-state index contributed by atoms with van der Waals surface area (Å²) in [4.78, 5) is 2.25. The van der Waals surface area contributed by atoms with E-state index in [9.17, 15) is 18.3 Å². The van der Waals surface area contributed by atoms with Crippen molar-refractivity contribution in [2.45, 2.75) is 24.9 Å². The molecule has 0 radical (unpaired) electrons. The number of hydrogen-bond donors (Lipinski definition) is 1. The molecule has 2 heterocycles. The zero-order valence-corrected chi connectivity index (χ0v) is 16.5. The maximum absolute atomic E-state index is 12.5.